The van der Waals surface area contributed by atoms with Crippen molar-refractivity contribution in [2.75, 3.05) is 13.6 Å². The van der Waals surface area contributed by atoms with Crippen LogP contribution in [0.3, 0.4) is 0 Å². The predicted octanol–water partition coefficient (Wildman–Crippen LogP) is 2.74. The Morgan fingerprint density at radius 2 is 1.75 bits per heavy atom. The van der Waals surface area contributed by atoms with Gasteiger partial charge in [0.25, 0.3) is 0 Å². The molecule has 0 radical (unpaired) electrons. The van der Waals surface area contributed by atoms with Crippen LogP contribution in [0.1, 0.15) is 47.5 Å². The standard InChI is InChI=1S/C14H30N2/c1-10(2)14-12(5)7-8-13(15-6)9-16(14)11(3)4/h10-15H,7-9H2,1-6H3. The van der Waals surface area contributed by atoms with E-state index in [1.165, 1.54) is 19.4 Å². The van der Waals surface area contributed by atoms with Crippen LogP contribution in [-0.4, -0.2) is 36.6 Å². The van der Waals surface area contributed by atoms with Crippen LogP contribution in [0.4, 0.5) is 0 Å². The van der Waals surface area contributed by atoms with Crippen molar-refractivity contribution >= 4 is 0 Å². The molecule has 1 heterocycles. The molecule has 1 rings (SSSR count). The largest absolute Gasteiger partial charge is 0.316 e. The van der Waals surface area contributed by atoms with E-state index in [0.29, 0.717) is 12.1 Å². The zero-order valence-electron chi connectivity index (χ0n) is 12.0. The number of rotatable bonds is 3. The maximum atomic E-state index is 3.47. The normalized spacial score (nSPS) is 33.4. The molecule has 0 saturated carbocycles. The minimum Gasteiger partial charge on any atom is -0.316 e. The molecule has 0 aliphatic carbocycles. The van der Waals surface area contributed by atoms with E-state index in [1.807, 2.05) is 0 Å². The van der Waals surface area contributed by atoms with Crippen LogP contribution in [0.5, 0.6) is 0 Å². The average Bonchev–Trinajstić information content (AvgIpc) is 2.37. The lowest BCUT2D eigenvalue weighted by Gasteiger charge is -2.40. The summed E-state index contributed by atoms with van der Waals surface area (Å²) in [5.74, 6) is 1.58. The fourth-order valence-electron chi connectivity index (χ4n) is 3.26. The van der Waals surface area contributed by atoms with Gasteiger partial charge in [0.05, 0.1) is 0 Å². The SMILES string of the molecule is CNC1CCC(C)C(C(C)C)N(C(C)C)C1. The van der Waals surface area contributed by atoms with E-state index >= 15 is 0 Å². The molecule has 1 N–H and O–H groups in total. The first-order chi connectivity index (χ1) is 7.47. The summed E-state index contributed by atoms with van der Waals surface area (Å²) in [5.41, 5.74) is 0. The van der Waals surface area contributed by atoms with Crippen molar-refractivity contribution in [2.45, 2.75) is 65.6 Å². The molecule has 0 bridgehead atoms. The van der Waals surface area contributed by atoms with Gasteiger partial charge in [0.1, 0.15) is 0 Å². The molecule has 1 aliphatic rings. The highest BCUT2D eigenvalue weighted by atomic mass is 15.2. The van der Waals surface area contributed by atoms with E-state index in [9.17, 15) is 0 Å². The van der Waals surface area contributed by atoms with Gasteiger partial charge in [-0.2, -0.15) is 0 Å². The molecule has 16 heavy (non-hydrogen) atoms. The lowest BCUT2D eigenvalue weighted by Crippen LogP contribution is -2.49. The molecule has 1 saturated heterocycles. The van der Waals surface area contributed by atoms with Crippen molar-refractivity contribution in [1.82, 2.24) is 10.2 Å². The first-order valence-electron chi connectivity index (χ1n) is 6.90. The molecule has 3 unspecified atom stereocenters. The van der Waals surface area contributed by atoms with Crippen molar-refractivity contribution in [3.63, 3.8) is 0 Å². The van der Waals surface area contributed by atoms with Crippen LogP contribution in [-0.2, 0) is 0 Å². The summed E-state index contributed by atoms with van der Waals surface area (Å²) in [4.78, 5) is 2.71. The second-order valence-corrected chi connectivity index (χ2v) is 6.07. The van der Waals surface area contributed by atoms with Crippen molar-refractivity contribution in [1.29, 1.82) is 0 Å². The second kappa shape index (κ2) is 6.02. The molecule has 96 valence electrons. The van der Waals surface area contributed by atoms with Crippen LogP contribution in [0.2, 0.25) is 0 Å². The van der Waals surface area contributed by atoms with Crippen LogP contribution in [0, 0.1) is 11.8 Å². The Bertz CT molecular complexity index is 201. The van der Waals surface area contributed by atoms with E-state index in [4.69, 9.17) is 0 Å². The van der Waals surface area contributed by atoms with Gasteiger partial charge in [-0.25, -0.2) is 0 Å². The van der Waals surface area contributed by atoms with Gasteiger partial charge in [-0.1, -0.05) is 20.8 Å². The van der Waals surface area contributed by atoms with Crippen molar-refractivity contribution in [3.8, 4) is 0 Å². The number of likely N-dealkylation sites (tertiary alicyclic amines) is 1. The van der Waals surface area contributed by atoms with Gasteiger partial charge in [0, 0.05) is 24.7 Å². The van der Waals surface area contributed by atoms with Crippen LogP contribution in [0.25, 0.3) is 0 Å². The van der Waals surface area contributed by atoms with E-state index in [0.717, 1.165) is 17.9 Å². The summed E-state index contributed by atoms with van der Waals surface area (Å²) in [6, 6.07) is 2.08. The van der Waals surface area contributed by atoms with Crippen molar-refractivity contribution < 1.29 is 0 Å². The Labute approximate surface area is 102 Å². The maximum absolute atomic E-state index is 3.47. The first kappa shape index (κ1) is 14.0. The number of nitrogens with zero attached hydrogens (tertiary/aromatic N) is 1. The number of hydrogen-bond donors (Lipinski definition) is 1. The van der Waals surface area contributed by atoms with E-state index in [-0.39, 0.29) is 0 Å². The van der Waals surface area contributed by atoms with Gasteiger partial charge in [0.2, 0.25) is 0 Å². The zero-order chi connectivity index (χ0) is 12.3. The molecule has 1 aliphatic heterocycles. The molecule has 0 aromatic rings. The summed E-state index contributed by atoms with van der Waals surface area (Å²) >= 11 is 0. The lowest BCUT2D eigenvalue weighted by atomic mass is 9.88. The molecular formula is C14H30N2. The summed E-state index contributed by atoms with van der Waals surface area (Å²) in [5, 5.41) is 3.47. The highest BCUT2D eigenvalue weighted by molar-refractivity contribution is 4.88. The number of nitrogens with one attached hydrogen (secondary N) is 1. The molecule has 0 aromatic heterocycles. The van der Waals surface area contributed by atoms with E-state index < -0.39 is 0 Å². The monoisotopic (exact) mass is 226 g/mol. The van der Waals surface area contributed by atoms with Crippen molar-refractivity contribution in [2.24, 2.45) is 11.8 Å². The Hall–Kier alpha value is -0.0800. The molecule has 0 amide bonds. The Morgan fingerprint density at radius 3 is 2.19 bits per heavy atom. The highest BCUT2D eigenvalue weighted by Crippen LogP contribution is 2.29. The summed E-state index contributed by atoms with van der Waals surface area (Å²) in [6.07, 6.45) is 2.68. The van der Waals surface area contributed by atoms with Crippen LogP contribution in [0.15, 0.2) is 0 Å². The van der Waals surface area contributed by atoms with Gasteiger partial charge >= 0.3 is 0 Å². The minimum atomic E-state index is 0.656. The summed E-state index contributed by atoms with van der Waals surface area (Å²) in [6.45, 7) is 13.0. The van der Waals surface area contributed by atoms with E-state index in [1.54, 1.807) is 0 Å². The van der Waals surface area contributed by atoms with Gasteiger partial charge in [0.15, 0.2) is 0 Å². The number of likely N-dealkylation sites (N-methyl/N-ethyl adjacent to an activating group) is 1. The summed E-state index contributed by atoms with van der Waals surface area (Å²) in [7, 11) is 2.10. The van der Waals surface area contributed by atoms with Gasteiger partial charge in [-0.3, -0.25) is 4.90 Å². The average molecular weight is 226 g/mol. The quantitative estimate of drug-likeness (QED) is 0.796. The van der Waals surface area contributed by atoms with E-state index in [2.05, 4.69) is 51.9 Å². The smallest absolute Gasteiger partial charge is 0.0192 e. The topological polar surface area (TPSA) is 15.3 Å². The first-order valence-corrected chi connectivity index (χ1v) is 6.90. The third-order valence-electron chi connectivity index (χ3n) is 4.12. The molecule has 0 spiro atoms. The fraction of sp³-hybridized carbons (Fsp3) is 1.00. The van der Waals surface area contributed by atoms with Crippen LogP contribution >= 0.6 is 0 Å². The Morgan fingerprint density at radius 1 is 1.12 bits per heavy atom. The van der Waals surface area contributed by atoms with Crippen LogP contribution < -0.4 is 5.32 Å². The molecular weight excluding hydrogens is 196 g/mol. The second-order valence-electron chi connectivity index (χ2n) is 6.07. The zero-order valence-corrected chi connectivity index (χ0v) is 12.0. The number of hydrogen-bond acceptors (Lipinski definition) is 2. The lowest BCUT2D eigenvalue weighted by molar-refractivity contribution is 0.0844. The molecule has 2 nitrogen and oxygen atoms in total. The summed E-state index contributed by atoms with van der Waals surface area (Å²) < 4.78 is 0. The predicted molar refractivity (Wildman–Crippen MR) is 71.7 cm³/mol. The van der Waals surface area contributed by atoms with Gasteiger partial charge in [-0.15, -0.1) is 0 Å². The fourth-order valence-corrected chi connectivity index (χ4v) is 3.26. The van der Waals surface area contributed by atoms with Gasteiger partial charge in [-0.05, 0) is 45.6 Å². The minimum absolute atomic E-state index is 0.656. The van der Waals surface area contributed by atoms with Crippen molar-refractivity contribution in [3.05, 3.63) is 0 Å². The molecule has 3 atom stereocenters. The maximum Gasteiger partial charge on any atom is 0.0192 e. The third-order valence-corrected chi connectivity index (χ3v) is 4.12. The third kappa shape index (κ3) is 3.21. The Kier molecular flexibility index (Phi) is 5.26. The highest BCUT2D eigenvalue weighted by Gasteiger charge is 2.33. The van der Waals surface area contributed by atoms with Gasteiger partial charge < -0.3 is 5.32 Å². The molecule has 0 aromatic carbocycles. The molecule has 1 fully saturated rings. The molecule has 2 heteroatoms. The Balaban J connectivity index is 2.84.